The third-order valence-electron chi connectivity index (χ3n) is 9.42. The SMILES string of the molecule is C1=C\CC/C=C\CC/1.C[n+]1[c-]n(-c2cc(C(C)(C)C)cc3c2Oc2c([C-](n4cccn4)[n+]4ccc[n-]4)cc(C(C)(C)C)cc2C3(C)C)cc1.[Au+].[Cl-].[I-].[Rh+2]. The summed E-state index contributed by atoms with van der Waals surface area (Å²) in [7, 11) is 1.98. The summed E-state index contributed by atoms with van der Waals surface area (Å²) in [5.74, 6) is 1.66. The van der Waals surface area contributed by atoms with Gasteiger partial charge in [0.15, 0.2) is 0 Å². The number of rotatable bonds is 4. The topological polar surface area (TPSA) is 53.8 Å². The van der Waals surface area contributed by atoms with Crippen LogP contribution in [0, 0.1) is 12.5 Å². The third kappa shape index (κ3) is 10.3. The summed E-state index contributed by atoms with van der Waals surface area (Å²) < 4.78 is 14.8. The van der Waals surface area contributed by atoms with E-state index in [2.05, 4.69) is 120 Å². The fourth-order valence-electron chi connectivity index (χ4n) is 6.38. The summed E-state index contributed by atoms with van der Waals surface area (Å²) >= 11 is 0. The largest absolute Gasteiger partial charge is 2.00 e. The number of allylic oxidation sites excluding steroid dienone is 4. The number of benzene rings is 2. The fraction of sp³-hybridized carbons (Fsp3) is 0.381. The van der Waals surface area contributed by atoms with Gasteiger partial charge in [-0.2, -0.15) is 4.68 Å². The molecule has 3 aromatic heterocycles. The molecule has 0 saturated heterocycles. The van der Waals surface area contributed by atoms with Gasteiger partial charge in [-0.3, -0.25) is 0 Å². The first-order chi connectivity index (χ1) is 23.2. The Balaban J connectivity index is 0.000000722. The van der Waals surface area contributed by atoms with Crippen molar-refractivity contribution in [3.05, 3.63) is 138 Å². The quantitative estimate of drug-likeness (QED) is 0.0914. The molecule has 0 saturated carbocycles. The van der Waals surface area contributed by atoms with E-state index in [1.165, 1.54) is 36.8 Å². The van der Waals surface area contributed by atoms with Crippen molar-refractivity contribution in [2.75, 3.05) is 0 Å². The first-order valence-electron chi connectivity index (χ1n) is 17.4. The van der Waals surface area contributed by atoms with Gasteiger partial charge < -0.3 is 60.0 Å². The van der Waals surface area contributed by atoms with E-state index >= 15 is 0 Å². The zero-order valence-corrected chi connectivity index (χ0v) is 38.8. The molecule has 53 heavy (non-hydrogen) atoms. The van der Waals surface area contributed by atoms with Gasteiger partial charge in [-0.25, -0.2) is 0 Å². The van der Waals surface area contributed by atoms with Gasteiger partial charge >= 0.3 is 41.9 Å². The van der Waals surface area contributed by atoms with Crippen LogP contribution in [-0.4, -0.2) is 14.3 Å². The summed E-state index contributed by atoms with van der Waals surface area (Å²) in [5, 5.41) is 9.26. The number of aromatic nitrogens is 6. The number of hydrogen-bond donors (Lipinski definition) is 0. The van der Waals surface area contributed by atoms with Crippen molar-refractivity contribution >= 4 is 0 Å². The van der Waals surface area contributed by atoms with Gasteiger partial charge in [0, 0.05) is 29.6 Å². The van der Waals surface area contributed by atoms with Gasteiger partial charge in [-0.15, -0.1) is 17.4 Å². The van der Waals surface area contributed by atoms with Crippen LogP contribution in [0.2, 0.25) is 0 Å². The van der Waals surface area contributed by atoms with Gasteiger partial charge in [0.25, 0.3) is 0 Å². The number of halogens is 2. The molecule has 0 spiro atoms. The second-order valence-corrected chi connectivity index (χ2v) is 15.7. The van der Waals surface area contributed by atoms with E-state index in [4.69, 9.17) is 4.74 Å². The van der Waals surface area contributed by atoms with Crippen LogP contribution in [0.15, 0.2) is 97.9 Å². The van der Waals surface area contributed by atoms with Crippen LogP contribution in [0.5, 0.6) is 11.5 Å². The van der Waals surface area contributed by atoms with Crippen LogP contribution in [0.1, 0.15) is 109 Å². The average Bonchev–Trinajstić information content (AvgIpc) is 3.81. The maximum atomic E-state index is 7.10. The second-order valence-electron chi connectivity index (χ2n) is 15.7. The zero-order valence-electron chi connectivity index (χ0n) is 32.0. The Morgan fingerprint density at radius 3 is 1.87 bits per heavy atom. The Bertz CT molecular complexity index is 1910. The summed E-state index contributed by atoms with van der Waals surface area (Å²) in [6.07, 6.45) is 29.7. The molecule has 0 amide bonds. The average molecular weight is 1120 g/mol. The molecule has 2 aromatic carbocycles. The monoisotopic (exact) mass is 1120 g/mol. The molecule has 0 bridgehead atoms. The predicted molar refractivity (Wildman–Crippen MR) is 194 cm³/mol. The molecule has 2 aliphatic rings. The fourth-order valence-corrected chi connectivity index (χ4v) is 6.38. The Kier molecular flexibility index (Phi) is 16.7. The molecule has 4 heterocycles. The van der Waals surface area contributed by atoms with Crippen LogP contribution < -0.4 is 55.5 Å². The molecule has 0 unspecified atom stereocenters. The molecule has 5 aromatic rings. The number of hydrogen-bond acceptors (Lipinski definition) is 2. The smallest absolute Gasteiger partial charge is 1.00 e. The minimum absolute atomic E-state index is 0. The molecule has 0 atom stereocenters. The van der Waals surface area contributed by atoms with E-state index in [1.807, 2.05) is 62.5 Å². The van der Waals surface area contributed by atoms with Crippen molar-refractivity contribution in [2.24, 2.45) is 7.05 Å². The minimum Gasteiger partial charge on any atom is -1.00 e. The molecular formula is C42H51AuClIN6ORh. The summed E-state index contributed by atoms with van der Waals surface area (Å²) in [5.41, 5.74) is 6.19. The predicted octanol–water partition coefficient (Wildman–Crippen LogP) is 2.18. The van der Waals surface area contributed by atoms with Crippen molar-refractivity contribution < 1.29 is 92.2 Å². The number of ether oxygens (including phenoxy) is 1. The van der Waals surface area contributed by atoms with Crippen LogP contribution >= 0.6 is 0 Å². The van der Waals surface area contributed by atoms with Crippen LogP contribution in [-0.2, 0) is 65.2 Å². The standard InChI is InChI=1S/C34H39N6O.C8H12.Au.ClH.HI.Rh/c1-32(2,3)23-18-25(31(39-14-10-12-35-39)40-15-11-13-36-40)29-26(19-23)34(7,8)27-20-24(33(4,5)6)21-28(30(27)41-29)38-17-16-37(9)22-38;1-2-4-6-8-7-5-3-1;;;;/h10-21H,1-9H3;1-2,7-8H,3-6H2;;2*1H;/q-1;;+1;;;+2/p-2/b;2-1-,8-7-;;;;. The first-order valence-corrected chi connectivity index (χ1v) is 17.4. The van der Waals surface area contributed by atoms with E-state index in [1.54, 1.807) is 12.4 Å². The van der Waals surface area contributed by atoms with Gasteiger partial charge in [0.05, 0.1) is 30.9 Å². The number of nitrogens with zero attached hydrogens (tertiary/aromatic N) is 6. The summed E-state index contributed by atoms with van der Waals surface area (Å²) in [6.45, 7) is 18.1. The maximum absolute atomic E-state index is 7.10. The molecule has 1 radical (unpaired) electrons. The maximum Gasteiger partial charge on any atom is 2.00 e. The number of imidazole rings is 1. The van der Waals surface area contributed by atoms with E-state index in [0.717, 1.165) is 40.0 Å². The van der Waals surface area contributed by atoms with Crippen molar-refractivity contribution in [2.45, 2.75) is 97.3 Å². The van der Waals surface area contributed by atoms with Crippen molar-refractivity contribution in [1.29, 1.82) is 0 Å². The summed E-state index contributed by atoms with van der Waals surface area (Å²) in [4.78, 5) is 0. The normalized spacial score (nSPS) is 15.3. The van der Waals surface area contributed by atoms with Crippen LogP contribution in [0.4, 0.5) is 0 Å². The van der Waals surface area contributed by atoms with Crippen molar-refractivity contribution in [1.82, 2.24) is 19.4 Å². The molecule has 7 nitrogen and oxygen atoms in total. The molecule has 1 aliphatic carbocycles. The van der Waals surface area contributed by atoms with E-state index < -0.39 is 0 Å². The molecular weight excluding hydrogens is 1070 g/mol. The van der Waals surface area contributed by atoms with Gasteiger partial charge in [0.1, 0.15) is 5.75 Å². The molecule has 7 rings (SSSR count). The molecule has 0 N–H and O–H groups in total. The van der Waals surface area contributed by atoms with Gasteiger partial charge in [0.2, 0.25) is 12.5 Å². The van der Waals surface area contributed by atoms with E-state index in [0.29, 0.717) is 0 Å². The van der Waals surface area contributed by atoms with Crippen molar-refractivity contribution in [3.8, 4) is 17.2 Å². The van der Waals surface area contributed by atoms with Crippen LogP contribution in [0.25, 0.3) is 5.69 Å². The first kappa shape index (κ1) is 46.8. The van der Waals surface area contributed by atoms with Crippen LogP contribution in [0.3, 0.4) is 0 Å². The van der Waals surface area contributed by atoms with Gasteiger partial charge in [-0.1, -0.05) is 110 Å². The molecule has 11 heteroatoms. The Morgan fingerprint density at radius 2 is 1.40 bits per heavy atom. The zero-order chi connectivity index (χ0) is 35.0. The Labute approximate surface area is 368 Å². The van der Waals surface area contributed by atoms with Gasteiger partial charge in [-0.05, 0) is 59.3 Å². The minimum atomic E-state index is -0.358. The number of aryl methyl sites for hydroxylation is 1. The molecule has 0 fully saturated rings. The van der Waals surface area contributed by atoms with E-state index in [9.17, 15) is 0 Å². The summed E-state index contributed by atoms with van der Waals surface area (Å²) in [6, 6.07) is 13.0. The van der Waals surface area contributed by atoms with E-state index in [-0.39, 0.29) is 94.5 Å². The molecule has 289 valence electrons. The Hall–Kier alpha value is -2.40. The van der Waals surface area contributed by atoms with Crippen molar-refractivity contribution in [3.63, 3.8) is 0 Å². The molecule has 1 aliphatic heterocycles. The Morgan fingerprint density at radius 1 is 0.830 bits per heavy atom. The number of fused-ring (bicyclic) bond motifs is 2. The second kappa shape index (κ2) is 19.0. The third-order valence-corrected chi connectivity index (χ3v) is 9.42.